The largest absolute Gasteiger partial charge is 0.446 e. The van der Waals surface area contributed by atoms with E-state index in [0.29, 0.717) is 3.57 Å². The summed E-state index contributed by atoms with van der Waals surface area (Å²) in [6.45, 7) is -0.747. The molecule has 0 unspecified atom stereocenters. The number of benzene rings is 2. The lowest BCUT2D eigenvalue weighted by atomic mass is 10.1. The zero-order valence-electron chi connectivity index (χ0n) is 16.6. The Kier molecular flexibility index (Phi) is 8.62. The molecule has 0 saturated heterocycles. The average molecular weight is 576 g/mol. The van der Waals surface area contributed by atoms with E-state index in [-0.39, 0.29) is 31.4 Å². The molecule has 0 aliphatic heterocycles. The minimum atomic E-state index is -1.46. The van der Waals surface area contributed by atoms with Crippen LogP contribution in [-0.4, -0.2) is 35.4 Å². The summed E-state index contributed by atoms with van der Waals surface area (Å²) in [5, 5.41) is 14.5. The number of anilines is 2. The highest BCUT2D eigenvalue weighted by molar-refractivity contribution is 14.1. The third-order valence-electron chi connectivity index (χ3n) is 3.96. The number of hydrogen-bond acceptors (Lipinski definition) is 8. The van der Waals surface area contributed by atoms with E-state index in [1.54, 1.807) is 6.07 Å². The minimum Gasteiger partial charge on any atom is -0.446 e. The lowest BCUT2D eigenvalue weighted by Gasteiger charge is -2.15. The molecule has 174 valence electrons. The lowest BCUT2D eigenvalue weighted by molar-refractivity contribution is 0.0157. The highest BCUT2D eigenvalue weighted by atomic mass is 127. The number of carbonyl (C=O) groups excluding carboxylic acids is 1. The molecule has 3 aromatic rings. The maximum absolute atomic E-state index is 15.0. The lowest BCUT2D eigenvalue weighted by Crippen LogP contribution is -2.25. The zero-order valence-corrected chi connectivity index (χ0v) is 18.8. The molecule has 1 amide bonds. The first-order valence-corrected chi connectivity index (χ1v) is 10.3. The number of amides is 1. The Morgan fingerprint density at radius 1 is 1.27 bits per heavy atom. The van der Waals surface area contributed by atoms with E-state index in [4.69, 9.17) is 14.4 Å². The van der Waals surface area contributed by atoms with Crippen LogP contribution in [0.25, 0.3) is 0 Å². The molecule has 1 aromatic heterocycles. The summed E-state index contributed by atoms with van der Waals surface area (Å²) in [6.07, 6.45) is 3.50. The molecule has 0 atom stereocenters. The van der Waals surface area contributed by atoms with Gasteiger partial charge in [-0.15, -0.1) is 0 Å². The summed E-state index contributed by atoms with van der Waals surface area (Å²) < 4.78 is 49.4. The van der Waals surface area contributed by atoms with Crippen LogP contribution >= 0.6 is 22.6 Å². The standard InChI is InChI=1S/C20H16F3IN4O5/c21-14-8-12(24)1-2-15(14)27-19-13(20(30)28-33-10-16-25-3-5-31-16)7-11(17(22)18(19)23)9-26-32-6-4-29/h1-3,5,7-9,27,29H,4,6,10H2,(H,28,30)/b26-9+. The maximum Gasteiger partial charge on any atom is 0.277 e. The van der Waals surface area contributed by atoms with Crippen molar-refractivity contribution >= 4 is 46.1 Å². The van der Waals surface area contributed by atoms with Crippen LogP contribution in [0.15, 0.2) is 46.3 Å². The second kappa shape index (κ2) is 11.6. The van der Waals surface area contributed by atoms with E-state index in [0.717, 1.165) is 12.3 Å². The highest BCUT2D eigenvalue weighted by Crippen LogP contribution is 2.30. The fourth-order valence-corrected chi connectivity index (χ4v) is 2.95. The average Bonchev–Trinajstić information content (AvgIpc) is 3.30. The van der Waals surface area contributed by atoms with Gasteiger partial charge in [0.15, 0.2) is 18.2 Å². The monoisotopic (exact) mass is 576 g/mol. The number of nitrogens with zero attached hydrogens (tertiary/aromatic N) is 2. The van der Waals surface area contributed by atoms with Gasteiger partial charge in [-0.3, -0.25) is 9.63 Å². The van der Waals surface area contributed by atoms with Crippen molar-refractivity contribution in [2.75, 3.05) is 18.5 Å². The van der Waals surface area contributed by atoms with Crippen molar-refractivity contribution in [2.24, 2.45) is 5.16 Å². The van der Waals surface area contributed by atoms with Gasteiger partial charge in [-0.05, 0) is 46.9 Å². The molecule has 0 aliphatic rings. The fourth-order valence-electron chi connectivity index (χ4n) is 2.50. The molecule has 0 aliphatic carbocycles. The van der Waals surface area contributed by atoms with Crippen molar-refractivity contribution in [1.29, 1.82) is 0 Å². The molecule has 2 aromatic carbocycles. The van der Waals surface area contributed by atoms with Crippen molar-refractivity contribution in [3.63, 3.8) is 0 Å². The van der Waals surface area contributed by atoms with E-state index >= 15 is 0 Å². The molecule has 0 bridgehead atoms. The second-order valence-electron chi connectivity index (χ2n) is 6.20. The van der Waals surface area contributed by atoms with Gasteiger partial charge in [0.25, 0.3) is 5.91 Å². The number of aromatic nitrogens is 1. The van der Waals surface area contributed by atoms with E-state index in [9.17, 15) is 18.0 Å². The molecule has 3 rings (SSSR count). The third kappa shape index (κ3) is 6.43. The van der Waals surface area contributed by atoms with Crippen LogP contribution in [-0.2, 0) is 16.3 Å². The van der Waals surface area contributed by atoms with Gasteiger partial charge < -0.3 is 19.7 Å². The quantitative estimate of drug-likeness (QED) is 0.146. The molecular weight excluding hydrogens is 560 g/mol. The number of aliphatic hydroxyl groups is 1. The number of oxazole rings is 1. The zero-order chi connectivity index (χ0) is 23.8. The number of hydroxylamine groups is 1. The van der Waals surface area contributed by atoms with Crippen LogP contribution in [0, 0.1) is 21.0 Å². The Bertz CT molecular complexity index is 1150. The number of carbonyl (C=O) groups is 1. The molecular formula is C20H16F3IN4O5. The maximum atomic E-state index is 15.0. The molecule has 0 saturated carbocycles. The van der Waals surface area contributed by atoms with Gasteiger partial charge in [-0.25, -0.2) is 23.6 Å². The van der Waals surface area contributed by atoms with E-state index in [1.165, 1.54) is 24.6 Å². The van der Waals surface area contributed by atoms with Crippen LogP contribution in [0.3, 0.4) is 0 Å². The first-order valence-electron chi connectivity index (χ1n) is 9.21. The number of halogens is 4. The Labute approximate surface area is 198 Å². The first kappa shape index (κ1) is 24.5. The van der Waals surface area contributed by atoms with Crippen LogP contribution in [0.2, 0.25) is 0 Å². The summed E-state index contributed by atoms with van der Waals surface area (Å²) >= 11 is 1.89. The Morgan fingerprint density at radius 2 is 2.09 bits per heavy atom. The smallest absolute Gasteiger partial charge is 0.277 e. The Balaban J connectivity index is 1.93. The van der Waals surface area contributed by atoms with Gasteiger partial charge in [0.1, 0.15) is 18.7 Å². The predicted molar refractivity (Wildman–Crippen MR) is 118 cm³/mol. The van der Waals surface area contributed by atoms with Crippen molar-refractivity contribution < 1.29 is 37.2 Å². The number of oxime groups is 1. The number of hydrogen-bond donors (Lipinski definition) is 3. The van der Waals surface area contributed by atoms with Gasteiger partial charge in [-0.1, -0.05) is 5.16 Å². The summed E-state index contributed by atoms with van der Waals surface area (Å²) in [4.78, 5) is 26.2. The van der Waals surface area contributed by atoms with Crippen LogP contribution < -0.4 is 10.8 Å². The Morgan fingerprint density at radius 3 is 2.79 bits per heavy atom. The van der Waals surface area contributed by atoms with E-state index in [1.807, 2.05) is 22.6 Å². The minimum absolute atomic E-state index is 0.161. The molecule has 0 spiro atoms. The van der Waals surface area contributed by atoms with Crippen molar-refractivity contribution in [3.05, 3.63) is 74.8 Å². The molecule has 13 heteroatoms. The summed E-state index contributed by atoms with van der Waals surface area (Å²) in [7, 11) is 0. The summed E-state index contributed by atoms with van der Waals surface area (Å²) in [5.41, 5.74) is 0.407. The highest BCUT2D eigenvalue weighted by Gasteiger charge is 2.23. The number of aliphatic hydroxyl groups excluding tert-OH is 1. The van der Waals surface area contributed by atoms with Crippen molar-refractivity contribution in [2.45, 2.75) is 6.61 Å². The summed E-state index contributed by atoms with van der Waals surface area (Å²) in [6, 6.07) is 5.00. The van der Waals surface area contributed by atoms with Gasteiger partial charge in [0.05, 0.1) is 36.0 Å². The van der Waals surface area contributed by atoms with Gasteiger partial charge in [0, 0.05) is 9.13 Å². The van der Waals surface area contributed by atoms with Crippen LogP contribution in [0.1, 0.15) is 21.8 Å². The van der Waals surface area contributed by atoms with E-state index in [2.05, 4.69) is 25.8 Å². The molecule has 9 nitrogen and oxygen atoms in total. The molecule has 33 heavy (non-hydrogen) atoms. The number of rotatable bonds is 10. The topological polar surface area (TPSA) is 118 Å². The van der Waals surface area contributed by atoms with Gasteiger partial charge in [0.2, 0.25) is 5.89 Å². The van der Waals surface area contributed by atoms with Gasteiger partial charge >= 0.3 is 0 Å². The first-order chi connectivity index (χ1) is 15.9. The molecule has 1 heterocycles. The normalized spacial score (nSPS) is 11.1. The third-order valence-corrected chi connectivity index (χ3v) is 4.63. The molecule has 3 N–H and O–H groups in total. The second-order valence-corrected chi connectivity index (χ2v) is 7.45. The van der Waals surface area contributed by atoms with Crippen molar-refractivity contribution in [3.8, 4) is 0 Å². The number of nitrogens with one attached hydrogen (secondary N) is 2. The van der Waals surface area contributed by atoms with E-state index < -0.39 is 40.2 Å². The molecule has 0 fully saturated rings. The Hall–Kier alpha value is -3.17. The SMILES string of the molecule is O=C(NOCc1ncco1)c1cc(/C=N/OCCO)c(F)c(F)c1Nc1ccc(I)cc1F. The van der Waals surface area contributed by atoms with Crippen LogP contribution in [0.4, 0.5) is 24.5 Å². The van der Waals surface area contributed by atoms with Crippen LogP contribution in [0.5, 0.6) is 0 Å². The van der Waals surface area contributed by atoms with Crippen molar-refractivity contribution in [1.82, 2.24) is 10.5 Å². The van der Waals surface area contributed by atoms with Gasteiger partial charge in [-0.2, -0.15) is 0 Å². The molecule has 0 radical (unpaired) electrons. The predicted octanol–water partition coefficient (Wildman–Crippen LogP) is 3.64. The fraction of sp³-hybridized carbons (Fsp3) is 0.150. The summed E-state index contributed by atoms with van der Waals surface area (Å²) in [5.74, 6) is -4.38.